The van der Waals surface area contributed by atoms with Gasteiger partial charge in [-0.2, -0.15) is 0 Å². The summed E-state index contributed by atoms with van der Waals surface area (Å²) in [4.78, 5) is 29.5. The smallest absolute Gasteiger partial charge is 0.264 e. The molecular formula is C33H31Cl4N3O4S. The van der Waals surface area contributed by atoms with Gasteiger partial charge in [0.25, 0.3) is 10.0 Å². The molecule has 0 aliphatic carbocycles. The zero-order chi connectivity index (χ0) is 32.7. The second-order valence-corrected chi connectivity index (χ2v) is 14.2. The fourth-order valence-corrected chi connectivity index (χ4v) is 6.85. The van der Waals surface area contributed by atoms with E-state index in [0.717, 1.165) is 9.87 Å². The summed E-state index contributed by atoms with van der Waals surface area (Å²) in [6, 6.07) is 24.7. The summed E-state index contributed by atoms with van der Waals surface area (Å²) in [5, 5.41) is 4.24. The first-order valence-electron chi connectivity index (χ1n) is 14.0. The van der Waals surface area contributed by atoms with E-state index >= 15 is 0 Å². The maximum atomic E-state index is 14.5. The Bertz CT molecular complexity index is 1750. The number of nitrogens with zero attached hydrogens (tertiary/aromatic N) is 2. The van der Waals surface area contributed by atoms with E-state index in [-0.39, 0.29) is 34.6 Å². The quantitative estimate of drug-likeness (QED) is 0.164. The van der Waals surface area contributed by atoms with E-state index in [1.54, 1.807) is 36.4 Å². The third-order valence-corrected chi connectivity index (χ3v) is 9.70. The summed E-state index contributed by atoms with van der Waals surface area (Å²) in [5.41, 5.74) is 1.50. The highest BCUT2D eigenvalue weighted by atomic mass is 35.5. The van der Waals surface area contributed by atoms with Gasteiger partial charge in [0.05, 0.1) is 10.6 Å². The van der Waals surface area contributed by atoms with Gasteiger partial charge in [-0.15, -0.1) is 0 Å². The number of sulfonamides is 1. The van der Waals surface area contributed by atoms with E-state index in [4.69, 9.17) is 46.4 Å². The summed E-state index contributed by atoms with van der Waals surface area (Å²) < 4.78 is 29.1. The SMILES string of the molecule is CC(C)NC(=O)[C@H](Cc1ccccc1)N(Cc1ccc(Cl)cc1Cl)C(=O)CN(c1cccc(Cl)c1)S(=O)(=O)c1ccc(Cl)cc1. The van der Waals surface area contributed by atoms with E-state index in [0.29, 0.717) is 20.6 Å². The molecular weight excluding hydrogens is 676 g/mol. The summed E-state index contributed by atoms with van der Waals surface area (Å²) in [7, 11) is -4.30. The van der Waals surface area contributed by atoms with Gasteiger partial charge in [0.1, 0.15) is 12.6 Å². The Balaban J connectivity index is 1.83. The van der Waals surface area contributed by atoms with Crippen LogP contribution >= 0.6 is 46.4 Å². The molecule has 0 aromatic heterocycles. The van der Waals surface area contributed by atoms with Crippen molar-refractivity contribution in [2.45, 2.75) is 43.8 Å². The maximum absolute atomic E-state index is 14.5. The molecule has 0 saturated carbocycles. The predicted molar refractivity (Wildman–Crippen MR) is 182 cm³/mol. The zero-order valence-electron chi connectivity index (χ0n) is 24.5. The number of carbonyl (C=O) groups excluding carboxylic acids is 2. The molecule has 2 amide bonds. The molecule has 4 aromatic rings. The van der Waals surface area contributed by atoms with E-state index in [1.165, 1.54) is 35.2 Å². The van der Waals surface area contributed by atoms with Crippen molar-refractivity contribution in [2.75, 3.05) is 10.8 Å². The van der Waals surface area contributed by atoms with Crippen molar-refractivity contribution < 1.29 is 18.0 Å². The van der Waals surface area contributed by atoms with Crippen molar-refractivity contribution in [3.8, 4) is 0 Å². The standard InChI is InChI=1S/C33H31Cl4N3O4S/c1-22(2)38-33(42)31(17-23-7-4-3-5-8-23)39(20-24-11-12-27(36)19-30(24)37)32(41)21-40(28-10-6-9-26(35)18-28)45(43,44)29-15-13-25(34)14-16-29/h3-16,18-19,22,31H,17,20-21H2,1-2H3,(H,38,42)/t31-/m0/s1. The number of amides is 2. The first-order chi connectivity index (χ1) is 21.3. The molecule has 4 rings (SSSR count). The van der Waals surface area contributed by atoms with Crippen molar-refractivity contribution in [3.63, 3.8) is 0 Å². The lowest BCUT2D eigenvalue weighted by atomic mass is 10.0. The summed E-state index contributed by atoms with van der Waals surface area (Å²) in [6.45, 7) is 2.90. The van der Waals surface area contributed by atoms with Crippen LogP contribution < -0.4 is 9.62 Å². The molecule has 236 valence electrons. The van der Waals surface area contributed by atoms with Gasteiger partial charge >= 0.3 is 0 Å². The highest BCUT2D eigenvalue weighted by Crippen LogP contribution is 2.29. The van der Waals surface area contributed by atoms with E-state index in [2.05, 4.69) is 5.32 Å². The number of halogens is 4. The Morgan fingerprint density at radius 1 is 0.778 bits per heavy atom. The number of benzene rings is 4. The average Bonchev–Trinajstić information content (AvgIpc) is 2.98. The molecule has 1 atom stereocenters. The van der Waals surface area contributed by atoms with Crippen LogP contribution in [0.25, 0.3) is 0 Å². The Morgan fingerprint density at radius 3 is 2.04 bits per heavy atom. The summed E-state index contributed by atoms with van der Waals surface area (Å²) in [5.74, 6) is -1.04. The molecule has 0 heterocycles. The zero-order valence-corrected chi connectivity index (χ0v) is 28.3. The van der Waals surface area contributed by atoms with Crippen molar-refractivity contribution in [1.82, 2.24) is 10.2 Å². The number of nitrogens with one attached hydrogen (secondary N) is 1. The minimum Gasteiger partial charge on any atom is -0.352 e. The largest absolute Gasteiger partial charge is 0.352 e. The van der Waals surface area contributed by atoms with Crippen LogP contribution in [-0.2, 0) is 32.6 Å². The second kappa shape index (κ2) is 15.3. The number of hydrogen-bond donors (Lipinski definition) is 1. The van der Waals surface area contributed by atoms with Crippen LogP contribution in [0.1, 0.15) is 25.0 Å². The topological polar surface area (TPSA) is 86.8 Å². The van der Waals surface area contributed by atoms with Gasteiger partial charge < -0.3 is 10.2 Å². The Morgan fingerprint density at radius 2 is 1.42 bits per heavy atom. The molecule has 0 spiro atoms. The lowest BCUT2D eigenvalue weighted by Gasteiger charge is -2.34. The Labute approximate surface area is 283 Å². The average molecular weight is 708 g/mol. The monoisotopic (exact) mass is 705 g/mol. The molecule has 7 nitrogen and oxygen atoms in total. The molecule has 4 aromatic carbocycles. The van der Waals surface area contributed by atoms with Gasteiger partial charge in [-0.05, 0) is 79.6 Å². The molecule has 45 heavy (non-hydrogen) atoms. The lowest BCUT2D eigenvalue weighted by molar-refractivity contribution is -0.140. The van der Waals surface area contributed by atoms with E-state index in [1.807, 2.05) is 44.2 Å². The normalized spacial score (nSPS) is 12.1. The molecule has 0 aliphatic heterocycles. The van der Waals surface area contributed by atoms with Gasteiger partial charge in [0.15, 0.2) is 0 Å². The van der Waals surface area contributed by atoms with Gasteiger partial charge in [-0.3, -0.25) is 13.9 Å². The third-order valence-electron chi connectivity index (χ3n) is 6.83. The molecule has 0 unspecified atom stereocenters. The fraction of sp³-hybridized carbons (Fsp3) is 0.212. The predicted octanol–water partition coefficient (Wildman–Crippen LogP) is 7.66. The number of rotatable bonds is 12. The minimum atomic E-state index is -4.30. The Kier molecular flexibility index (Phi) is 11.8. The van der Waals surface area contributed by atoms with Crippen molar-refractivity contribution >= 4 is 73.9 Å². The van der Waals surface area contributed by atoms with Crippen LogP contribution in [0.5, 0.6) is 0 Å². The van der Waals surface area contributed by atoms with Crippen LogP contribution in [0.3, 0.4) is 0 Å². The highest BCUT2D eigenvalue weighted by Gasteiger charge is 2.35. The van der Waals surface area contributed by atoms with Gasteiger partial charge in [-0.1, -0.05) is 88.9 Å². The molecule has 0 fully saturated rings. The van der Waals surface area contributed by atoms with Crippen molar-refractivity contribution in [2.24, 2.45) is 0 Å². The van der Waals surface area contributed by atoms with E-state index < -0.39 is 34.4 Å². The molecule has 0 radical (unpaired) electrons. The van der Waals surface area contributed by atoms with E-state index in [9.17, 15) is 18.0 Å². The van der Waals surface area contributed by atoms with Crippen LogP contribution in [0.2, 0.25) is 20.1 Å². The fourth-order valence-electron chi connectivity index (χ4n) is 4.66. The van der Waals surface area contributed by atoms with Gasteiger partial charge in [-0.25, -0.2) is 8.42 Å². The van der Waals surface area contributed by atoms with Crippen LogP contribution in [0, 0.1) is 0 Å². The first kappa shape index (κ1) is 34.6. The number of carbonyl (C=O) groups is 2. The molecule has 12 heteroatoms. The molecule has 1 N–H and O–H groups in total. The summed E-state index contributed by atoms with van der Waals surface area (Å²) >= 11 is 25.0. The first-order valence-corrected chi connectivity index (χ1v) is 16.9. The Hall–Kier alpha value is -3.27. The molecule has 0 bridgehead atoms. The van der Waals surface area contributed by atoms with Crippen LogP contribution in [-0.4, -0.2) is 43.8 Å². The number of anilines is 1. The number of hydrogen-bond acceptors (Lipinski definition) is 4. The highest BCUT2D eigenvalue weighted by molar-refractivity contribution is 7.92. The maximum Gasteiger partial charge on any atom is 0.264 e. The van der Waals surface area contributed by atoms with Crippen LogP contribution in [0.4, 0.5) is 5.69 Å². The van der Waals surface area contributed by atoms with Crippen molar-refractivity contribution in [1.29, 1.82) is 0 Å². The molecule has 0 aliphatic rings. The van der Waals surface area contributed by atoms with Crippen LogP contribution in [0.15, 0.2) is 102 Å². The molecule has 0 saturated heterocycles. The van der Waals surface area contributed by atoms with Crippen molar-refractivity contribution in [3.05, 3.63) is 128 Å². The minimum absolute atomic E-state index is 0.0784. The lowest BCUT2D eigenvalue weighted by Crippen LogP contribution is -2.54. The van der Waals surface area contributed by atoms with Gasteiger partial charge in [0.2, 0.25) is 11.8 Å². The van der Waals surface area contributed by atoms with Gasteiger partial charge in [0, 0.05) is 39.1 Å². The second-order valence-electron chi connectivity index (χ2n) is 10.6. The summed E-state index contributed by atoms with van der Waals surface area (Å²) in [6.07, 6.45) is 0.164. The third kappa shape index (κ3) is 9.15.